The molecule has 4 rings (SSSR count). The van der Waals surface area contributed by atoms with Crippen LogP contribution < -0.4 is 5.32 Å². The van der Waals surface area contributed by atoms with Crippen LogP contribution in [-0.2, 0) is 12.7 Å². The van der Waals surface area contributed by atoms with Gasteiger partial charge in [-0.1, -0.05) is 36.4 Å². The van der Waals surface area contributed by atoms with E-state index in [0.717, 1.165) is 17.5 Å². The molecule has 6 nitrogen and oxygen atoms in total. The van der Waals surface area contributed by atoms with E-state index in [4.69, 9.17) is 5.11 Å². The Morgan fingerprint density at radius 3 is 2.26 bits per heavy atom. The molecule has 0 aliphatic heterocycles. The predicted molar refractivity (Wildman–Crippen MR) is 124 cm³/mol. The van der Waals surface area contributed by atoms with Gasteiger partial charge in [-0.15, -0.1) is 10.2 Å². The maximum atomic E-state index is 13.5. The van der Waals surface area contributed by atoms with Gasteiger partial charge < -0.3 is 15.3 Å². The summed E-state index contributed by atoms with van der Waals surface area (Å²) in [6.45, 7) is 0.344. The fourth-order valence-electron chi connectivity index (χ4n) is 3.70. The molecule has 1 heterocycles. The zero-order valence-electron chi connectivity index (χ0n) is 18.4. The van der Waals surface area contributed by atoms with E-state index in [2.05, 4.69) is 15.5 Å². The molecule has 34 heavy (non-hydrogen) atoms. The van der Waals surface area contributed by atoms with Gasteiger partial charge >= 0.3 is 12.1 Å². The highest BCUT2D eigenvalue weighted by atomic mass is 19.4. The van der Waals surface area contributed by atoms with Crippen LogP contribution in [0.25, 0.3) is 22.0 Å². The van der Waals surface area contributed by atoms with Gasteiger partial charge in [0.15, 0.2) is 5.82 Å². The van der Waals surface area contributed by atoms with E-state index in [1.807, 2.05) is 12.1 Å². The van der Waals surface area contributed by atoms with Crippen LogP contribution in [0.2, 0.25) is 0 Å². The summed E-state index contributed by atoms with van der Waals surface area (Å²) in [5, 5.41) is 22.1. The molecule has 0 spiro atoms. The number of rotatable bonds is 6. The lowest BCUT2D eigenvalue weighted by atomic mass is 10.0. The maximum Gasteiger partial charge on any atom is 0.416 e. The molecule has 9 heteroatoms. The standard InChI is InChI=1S/C25H21F3N4O2/c1-32(2)14-15-11-18(25(26,27)28)13-19(12-15)29-23-21-6-4-3-5-20(21)22(30-31-23)16-7-9-17(10-8-16)24(33)34/h3-13H,14H2,1-2H3,(H,29,31)(H,33,34). The van der Waals surface area contributed by atoms with E-state index in [1.54, 1.807) is 49.3 Å². The number of hydrogen-bond donors (Lipinski definition) is 2. The topological polar surface area (TPSA) is 78.3 Å². The highest BCUT2D eigenvalue weighted by molar-refractivity contribution is 6.01. The first kappa shape index (κ1) is 23.2. The van der Waals surface area contributed by atoms with Crippen molar-refractivity contribution in [2.75, 3.05) is 19.4 Å². The highest BCUT2D eigenvalue weighted by Gasteiger charge is 2.31. The number of fused-ring (bicyclic) bond motifs is 1. The van der Waals surface area contributed by atoms with E-state index < -0.39 is 17.7 Å². The maximum absolute atomic E-state index is 13.5. The Hall–Kier alpha value is -3.98. The number of halogens is 3. The van der Waals surface area contributed by atoms with Crippen LogP contribution >= 0.6 is 0 Å². The van der Waals surface area contributed by atoms with Gasteiger partial charge in [0, 0.05) is 28.6 Å². The summed E-state index contributed by atoms with van der Waals surface area (Å²) >= 11 is 0. The summed E-state index contributed by atoms with van der Waals surface area (Å²) < 4.78 is 40.5. The number of aromatic nitrogens is 2. The van der Waals surface area contributed by atoms with Gasteiger partial charge in [0.1, 0.15) is 5.69 Å². The predicted octanol–water partition coefficient (Wildman–Crippen LogP) is 5.82. The number of carboxylic acids is 1. The number of alkyl halides is 3. The third-order valence-electron chi connectivity index (χ3n) is 5.17. The van der Waals surface area contributed by atoms with Gasteiger partial charge in [0.25, 0.3) is 0 Å². The minimum absolute atomic E-state index is 0.150. The van der Waals surface area contributed by atoms with E-state index >= 15 is 0 Å². The van der Waals surface area contributed by atoms with E-state index in [-0.39, 0.29) is 11.3 Å². The summed E-state index contributed by atoms with van der Waals surface area (Å²) in [4.78, 5) is 12.9. The Morgan fingerprint density at radius 2 is 1.65 bits per heavy atom. The number of carboxylic acid groups (broad SMARTS) is 1. The zero-order valence-corrected chi connectivity index (χ0v) is 18.4. The lowest BCUT2D eigenvalue weighted by molar-refractivity contribution is -0.137. The molecular formula is C25H21F3N4O2. The number of aromatic carboxylic acids is 1. The third kappa shape index (κ3) is 4.99. The molecule has 2 N–H and O–H groups in total. The molecule has 0 saturated heterocycles. The molecule has 0 amide bonds. The van der Waals surface area contributed by atoms with Gasteiger partial charge in [0.05, 0.1) is 11.1 Å². The molecule has 0 aliphatic carbocycles. The smallest absolute Gasteiger partial charge is 0.416 e. The summed E-state index contributed by atoms with van der Waals surface area (Å²) in [6, 6.07) is 17.4. The lowest BCUT2D eigenvalue weighted by Gasteiger charge is -2.16. The van der Waals surface area contributed by atoms with E-state index in [9.17, 15) is 18.0 Å². The van der Waals surface area contributed by atoms with Gasteiger partial charge in [0.2, 0.25) is 0 Å². The molecule has 4 aromatic rings. The molecule has 3 aromatic carbocycles. The Labute approximate surface area is 193 Å². The summed E-state index contributed by atoms with van der Waals surface area (Å²) in [6.07, 6.45) is -4.49. The van der Waals surface area contributed by atoms with Crippen LogP contribution in [0.15, 0.2) is 66.7 Å². The van der Waals surface area contributed by atoms with E-state index in [0.29, 0.717) is 34.6 Å². The molecule has 0 fully saturated rings. The fourth-order valence-corrected chi connectivity index (χ4v) is 3.70. The van der Waals surface area contributed by atoms with Crippen LogP contribution in [0.1, 0.15) is 21.5 Å². The second-order valence-corrected chi connectivity index (χ2v) is 8.10. The van der Waals surface area contributed by atoms with Crippen LogP contribution in [0, 0.1) is 0 Å². The van der Waals surface area contributed by atoms with Crippen molar-refractivity contribution in [3.63, 3.8) is 0 Å². The number of carbonyl (C=O) groups is 1. The fraction of sp³-hybridized carbons (Fsp3) is 0.160. The molecule has 174 valence electrons. The quantitative estimate of drug-likeness (QED) is 0.373. The van der Waals surface area contributed by atoms with Crippen molar-refractivity contribution in [3.8, 4) is 11.3 Å². The number of anilines is 2. The van der Waals surface area contributed by atoms with Crippen molar-refractivity contribution in [3.05, 3.63) is 83.4 Å². The van der Waals surface area contributed by atoms with Crippen molar-refractivity contribution in [1.82, 2.24) is 15.1 Å². The largest absolute Gasteiger partial charge is 0.478 e. The molecule has 1 aromatic heterocycles. The molecular weight excluding hydrogens is 445 g/mol. The first-order valence-electron chi connectivity index (χ1n) is 10.3. The van der Waals surface area contributed by atoms with Crippen molar-refractivity contribution in [1.29, 1.82) is 0 Å². The van der Waals surface area contributed by atoms with Crippen molar-refractivity contribution in [2.24, 2.45) is 0 Å². The Balaban J connectivity index is 1.77. The van der Waals surface area contributed by atoms with Gasteiger partial charge in [-0.2, -0.15) is 13.2 Å². The minimum Gasteiger partial charge on any atom is -0.478 e. The molecule has 0 saturated carbocycles. The van der Waals surface area contributed by atoms with E-state index in [1.165, 1.54) is 12.1 Å². The first-order valence-corrected chi connectivity index (χ1v) is 10.3. The zero-order chi connectivity index (χ0) is 24.5. The SMILES string of the molecule is CN(C)Cc1cc(Nc2nnc(-c3ccc(C(=O)O)cc3)c3ccccc23)cc(C(F)(F)F)c1. The average Bonchev–Trinajstić information content (AvgIpc) is 2.78. The molecule has 0 radical (unpaired) electrons. The molecule has 0 atom stereocenters. The summed E-state index contributed by atoms with van der Waals surface area (Å²) in [7, 11) is 3.57. The van der Waals surface area contributed by atoms with Crippen molar-refractivity contribution >= 4 is 28.2 Å². The lowest BCUT2D eigenvalue weighted by Crippen LogP contribution is -2.13. The highest BCUT2D eigenvalue weighted by Crippen LogP contribution is 2.35. The summed E-state index contributed by atoms with van der Waals surface area (Å²) in [5.41, 5.74) is 1.38. The number of benzene rings is 3. The number of hydrogen-bond acceptors (Lipinski definition) is 5. The average molecular weight is 466 g/mol. The Bertz CT molecular complexity index is 1350. The number of nitrogens with one attached hydrogen (secondary N) is 1. The first-order chi connectivity index (χ1) is 16.1. The molecule has 0 aliphatic rings. The second kappa shape index (κ2) is 9.11. The van der Waals surface area contributed by atoms with Gasteiger partial charge in [-0.25, -0.2) is 4.79 Å². The Morgan fingerprint density at radius 1 is 0.971 bits per heavy atom. The minimum atomic E-state index is -4.49. The van der Waals surface area contributed by atoms with Gasteiger partial charge in [-0.3, -0.25) is 0 Å². The molecule has 0 bridgehead atoms. The van der Waals surface area contributed by atoms with Crippen LogP contribution in [-0.4, -0.2) is 40.3 Å². The third-order valence-corrected chi connectivity index (χ3v) is 5.17. The van der Waals surface area contributed by atoms with Crippen LogP contribution in [0.5, 0.6) is 0 Å². The van der Waals surface area contributed by atoms with Crippen molar-refractivity contribution < 1.29 is 23.1 Å². The summed E-state index contributed by atoms with van der Waals surface area (Å²) in [5.74, 6) is -0.714. The second-order valence-electron chi connectivity index (χ2n) is 8.10. The van der Waals surface area contributed by atoms with Gasteiger partial charge in [-0.05, 0) is 50.0 Å². The normalized spacial score (nSPS) is 11.7. The number of nitrogens with zero attached hydrogens (tertiary/aromatic N) is 3. The monoisotopic (exact) mass is 466 g/mol. The Kier molecular flexibility index (Phi) is 6.21. The molecule has 0 unspecified atom stereocenters. The van der Waals surface area contributed by atoms with Crippen LogP contribution in [0.4, 0.5) is 24.7 Å². The van der Waals surface area contributed by atoms with Crippen molar-refractivity contribution in [2.45, 2.75) is 12.7 Å². The van der Waals surface area contributed by atoms with Crippen LogP contribution in [0.3, 0.4) is 0 Å².